The van der Waals surface area contributed by atoms with Gasteiger partial charge in [0.1, 0.15) is 17.6 Å². The second-order valence-corrected chi connectivity index (χ2v) is 10.3. The summed E-state index contributed by atoms with van der Waals surface area (Å²) < 4.78 is 20.2. The topological polar surface area (TPSA) is 91.8 Å². The SMILES string of the molecule is COc1cccc(-c2csc(N(Cc3ccc(C(=O)NC(CC(C)C)C(=O)O)cc3)c3ccccc3F)n2)c1. The van der Waals surface area contributed by atoms with Gasteiger partial charge in [-0.2, -0.15) is 0 Å². The number of halogens is 1. The third kappa shape index (κ3) is 7.00. The summed E-state index contributed by atoms with van der Waals surface area (Å²) >= 11 is 1.40. The van der Waals surface area contributed by atoms with Crippen LogP contribution in [-0.4, -0.2) is 35.1 Å². The predicted octanol–water partition coefficient (Wildman–Crippen LogP) is 6.53. The van der Waals surface area contributed by atoms with E-state index < -0.39 is 17.9 Å². The highest BCUT2D eigenvalue weighted by atomic mass is 32.1. The smallest absolute Gasteiger partial charge is 0.326 e. The molecule has 3 aromatic carbocycles. The summed E-state index contributed by atoms with van der Waals surface area (Å²) in [6, 6.07) is 20.0. The first kappa shape index (κ1) is 27.8. The Labute approximate surface area is 230 Å². The number of rotatable bonds is 11. The first-order valence-corrected chi connectivity index (χ1v) is 13.4. The van der Waals surface area contributed by atoms with Crippen LogP contribution in [0.4, 0.5) is 15.2 Å². The van der Waals surface area contributed by atoms with E-state index in [4.69, 9.17) is 9.72 Å². The van der Waals surface area contributed by atoms with Crippen LogP contribution in [-0.2, 0) is 11.3 Å². The molecule has 0 radical (unpaired) electrons. The third-order valence-corrected chi connectivity index (χ3v) is 6.96. The summed E-state index contributed by atoms with van der Waals surface area (Å²) in [6.07, 6.45) is 0.336. The highest BCUT2D eigenvalue weighted by Crippen LogP contribution is 2.35. The van der Waals surface area contributed by atoms with E-state index in [-0.39, 0.29) is 11.7 Å². The molecule has 0 aliphatic carbocycles. The molecule has 1 unspecified atom stereocenters. The molecule has 202 valence electrons. The number of nitrogens with zero attached hydrogens (tertiary/aromatic N) is 2. The Hall–Kier alpha value is -4.24. The number of hydrogen-bond acceptors (Lipinski definition) is 6. The second kappa shape index (κ2) is 12.5. The molecular weight excluding hydrogens is 517 g/mol. The van der Waals surface area contributed by atoms with E-state index in [2.05, 4.69) is 5.32 Å². The highest BCUT2D eigenvalue weighted by molar-refractivity contribution is 7.14. The third-order valence-electron chi connectivity index (χ3n) is 6.10. The number of nitrogens with one attached hydrogen (secondary N) is 1. The molecule has 7 nitrogen and oxygen atoms in total. The number of carboxylic acid groups (broad SMARTS) is 1. The number of benzene rings is 3. The Morgan fingerprint density at radius 1 is 1.08 bits per heavy atom. The number of ether oxygens (including phenoxy) is 1. The molecule has 4 rings (SSSR count). The quantitative estimate of drug-likeness (QED) is 0.222. The van der Waals surface area contributed by atoms with Gasteiger partial charge in [-0.3, -0.25) is 4.79 Å². The molecule has 1 heterocycles. The maximum absolute atomic E-state index is 14.9. The number of amides is 1. The van der Waals surface area contributed by atoms with Crippen LogP contribution in [0.2, 0.25) is 0 Å². The van der Waals surface area contributed by atoms with E-state index in [1.165, 1.54) is 17.4 Å². The lowest BCUT2D eigenvalue weighted by Crippen LogP contribution is -2.41. The number of hydrogen-bond donors (Lipinski definition) is 2. The van der Waals surface area contributed by atoms with Gasteiger partial charge in [0.2, 0.25) is 0 Å². The maximum atomic E-state index is 14.9. The molecular formula is C30H30FN3O4S. The van der Waals surface area contributed by atoms with Gasteiger partial charge in [-0.05, 0) is 54.3 Å². The molecule has 0 spiro atoms. The van der Waals surface area contributed by atoms with Crippen molar-refractivity contribution >= 4 is 34.0 Å². The van der Waals surface area contributed by atoms with E-state index >= 15 is 0 Å². The Kier molecular flexibility index (Phi) is 8.93. The molecule has 0 bridgehead atoms. The molecule has 0 aliphatic rings. The van der Waals surface area contributed by atoms with Gasteiger partial charge in [-0.15, -0.1) is 11.3 Å². The summed E-state index contributed by atoms with van der Waals surface area (Å²) in [5.41, 5.74) is 3.18. The number of carboxylic acids is 1. The lowest BCUT2D eigenvalue weighted by Gasteiger charge is -2.23. The van der Waals surface area contributed by atoms with Crippen LogP contribution < -0.4 is 15.0 Å². The molecule has 0 fully saturated rings. The Morgan fingerprint density at radius 3 is 2.49 bits per heavy atom. The number of methoxy groups -OCH3 is 1. The molecule has 9 heteroatoms. The average Bonchev–Trinajstić information content (AvgIpc) is 3.42. The lowest BCUT2D eigenvalue weighted by atomic mass is 10.0. The fraction of sp³-hybridized carbons (Fsp3) is 0.233. The van der Waals surface area contributed by atoms with Crippen molar-refractivity contribution in [2.24, 2.45) is 5.92 Å². The van der Waals surface area contributed by atoms with Crippen LogP contribution in [0, 0.1) is 11.7 Å². The van der Waals surface area contributed by atoms with E-state index in [1.807, 2.05) is 43.5 Å². The minimum Gasteiger partial charge on any atom is -0.497 e. The number of carbonyl (C=O) groups excluding carboxylic acids is 1. The molecule has 0 aliphatic heterocycles. The number of aliphatic carboxylic acids is 1. The van der Waals surface area contributed by atoms with Crippen LogP contribution >= 0.6 is 11.3 Å². The van der Waals surface area contributed by atoms with Crippen molar-refractivity contribution in [2.45, 2.75) is 32.9 Å². The fourth-order valence-electron chi connectivity index (χ4n) is 4.11. The van der Waals surface area contributed by atoms with E-state index in [0.29, 0.717) is 29.3 Å². The van der Waals surface area contributed by atoms with Gasteiger partial charge in [0.05, 0.1) is 25.0 Å². The molecule has 1 atom stereocenters. The van der Waals surface area contributed by atoms with Gasteiger partial charge < -0.3 is 20.1 Å². The fourth-order valence-corrected chi connectivity index (χ4v) is 4.96. The van der Waals surface area contributed by atoms with Crippen molar-refractivity contribution in [1.29, 1.82) is 0 Å². The van der Waals surface area contributed by atoms with Crippen molar-refractivity contribution in [1.82, 2.24) is 10.3 Å². The minimum absolute atomic E-state index is 0.119. The summed E-state index contributed by atoms with van der Waals surface area (Å²) in [4.78, 5) is 30.8. The van der Waals surface area contributed by atoms with Crippen molar-refractivity contribution in [3.63, 3.8) is 0 Å². The van der Waals surface area contributed by atoms with Gasteiger partial charge in [-0.25, -0.2) is 14.2 Å². The van der Waals surface area contributed by atoms with Gasteiger partial charge in [-0.1, -0.05) is 50.2 Å². The zero-order chi connectivity index (χ0) is 27.9. The number of anilines is 2. The Balaban J connectivity index is 1.58. The van der Waals surface area contributed by atoms with Gasteiger partial charge in [0.15, 0.2) is 5.13 Å². The number of aromatic nitrogens is 1. The van der Waals surface area contributed by atoms with Crippen LogP contribution in [0.1, 0.15) is 36.2 Å². The Morgan fingerprint density at radius 2 is 1.82 bits per heavy atom. The molecule has 39 heavy (non-hydrogen) atoms. The molecule has 0 saturated carbocycles. The zero-order valence-corrected chi connectivity index (χ0v) is 22.7. The normalized spacial score (nSPS) is 11.7. The zero-order valence-electron chi connectivity index (χ0n) is 21.9. The summed E-state index contributed by atoms with van der Waals surface area (Å²) in [6.45, 7) is 4.11. The molecule has 1 aromatic heterocycles. The van der Waals surface area contributed by atoms with Gasteiger partial charge >= 0.3 is 5.97 Å². The van der Waals surface area contributed by atoms with Crippen LogP contribution in [0.3, 0.4) is 0 Å². The number of para-hydroxylation sites is 1. The monoisotopic (exact) mass is 547 g/mol. The van der Waals surface area contributed by atoms with Crippen molar-refractivity contribution in [3.05, 3.63) is 95.1 Å². The number of thiazole rings is 1. The second-order valence-electron chi connectivity index (χ2n) is 9.48. The maximum Gasteiger partial charge on any atom is 0.326 e. The summed E-state index contributed by atoms with van der Waals surface area (Å²) in [7, 11) is 1.61. The minimum atomic E-state index is -1.06. The highest BCUT2D eigenvalue weighted by Gasteiger charge is 2.22. The largest absolute Gasteiger partial charge is 0.497 e. The molecule has 1 amide bonds. The van der Waals surface area contributed by atoms with E-state index in [1.54, 1.807) is 54.5 Å². The lowest BCUT2D eigenvalue weighted by molar-refractivity contribution is -0.139. The van der Waals surface area contributed by atoms with Crippen molar-refractivity contribution in [3.8, 4) is 17.0 Å². The summed E-state index contributed by atoms with van der Waals surface area (Å²) in [5, 5.41) is 14.6. The van der Waals surface area contributed by atoms with Crippen molar-refractivity contribution < 1.29 is 23.8 Å². The Bertz CT molecular complexity index is 1440. The van der Waals surface area contributed by atoms with Crippen LogP contribution in [0.15, 0.2) is 78.2 Å². The standard InChI is InChI=1S/C30H30FN3O4S/c1-19(2)15-25(29(36)37)32-28(35)21-13-11-20(12-14-21)17-34(27-10-5-4-9-24(27)31)30-33-26(18-39-30)22-7-6-8-23(16-22)38-3/h4-14,16,18-19,25H,15,17H2,1-3H3,(H,32,35)(H,36,37). The first-order valence-electron chi connectivity index (χ1n) is 12.5. The first-order chi connectivity index (χ1) is 18.7. The predicted molar refractivity (Wildman–Crippen MR) is 151 cm³/mol. The summed E-state index contributed by atoms with van der Waals surface area (Å²) in [5.74, 6) is -1.06. The average molecular weight is 548 g/mol. The molecule has 4 aromatic rings. The van der Waals surface area contributed by atoms with Crippen molar-refractivity contribution in [2.75, 3.05) is 12.0 Å². The number of carbonyl (C=O) groups is 2. The van der Waals surface area contributed by atoms with Crippen LogP contribution in [0.5, 0.6) is 5.75 Å². The van der Waals surface area contributed by atoms with Gasteiger partial charge in [0, 0.05) is 16.5 Å². The van der Waals surface area contributed by atoms with Crippen LogP contribution in [0.25, 0.3) is 11.3 Å². The molecule has 0 saturated heterocycles. The molecule has 2 N–H and O–H groups in total. The van der Waals surface area contributed by atoms with Gasteiger partial charge in [0.25, 0.3) is 5.91 Å². The van der Waals surface area contributed by atoms with E-state index in [9.17, 15) is 19.1 Å². The van der Waals surface area contributed by atoms with E-state index in [0.717, 1.165) is 22.6 Å².